The normalized spacial score (nSPS) is 11.0. The number of aryl methyl sites for hydroxylation is 1. The molecule has 1 aromatic rings. The van der Waals surface area contributed by atoms with Crippen LogP contribution in [-0.4, -0.2) is 36.5 Å². The number of carbonyl (C=O) groups excluding carboxylic acids is 3. The van der Waals surface area contributed by atoms with Crippen molar-refractivity contribution in [1.82, 2.24) is 16.0 Å². The second kappa shape index (κ2) is 9.22. The van der Waals surface area contributed by atoms with E-state index in [1.165, 1.54) is 0 Å². The number of imide groups is 1. The molecule has 0 heterocycles. The van der Waals surface area contributed by atoms with E-state index in [4.69, 9.17) is 0 Å². The Hall–Kier alpha value is -2.57. The predicted octanol–water partition coefficient (Wildman–Crippen LogP) is 2.42. The monoisotopic (exact) mass is 362 g/mol. The van der Waals surface area contributed by atoms with Gasteiger partial charge in [-0.15, -0.1) is 0 Å². The van der Waals surface area contributed by atoms with E-state index in [9.17, 15) is 14.4 Å². The third-order valence-corrected chi connectivity index (χ3v) is 3.34. The molecule has 0 spiro atoms. The van der Waals surface area contributed by atoms with Crippen LogP contribution in [-0.2, 0) is 4.79 Å². The van der Waals surface area contributed by atoms with Crippen LogP contribution in [0.25, 0.3) is 0 Å². The minimum absolute atomic E-state index is 0.0443. The van der Waals surface area contributed by atoms with Gasteiger partial charge in [0.25, 0.3) is 5.91 Å². The van der Waals surface area contributed by atoms with Crippen LogP contribution in [0.5, 0.6) is 0 Å². The standard InChI is InChI=1S/C19H30N4O3/c1-12(2)10-21-17(25)14-7-8-15(13(3)9-14)20-11-16(24)22-18(26)23-19(4,5)6/h7-9,12,20H,10-11H2,1-6H3,(H,21,25)(H2,22,23,24,26). The van der Waals surface area contributed by atoms with Gasteiger partial charge in [0, 0.05) is 23.3 Å². The minimum atomic E-state index is -0.529. The Kier molecular flexibility index (Phi) is 7.61. The van der Waals surface area contributed by atoms with Gasteiger partial charge >= 0.3 is 6.03 Å². The van der Waals surface area contributed by atoms with Crippen LogP contribution in [0.15, 0.2) is 18.2 Å². The largest absolute Gasteiger partial charge is 0.376 e. The maximum Gasteiger partial charge on any atom is 0.321 e. The Bertz CT molecular complexity index is 663. The maximum atomic E-state index is 12.1. The van der Waals surface area contributed by atoms with E-state index < -0.39 is 17.5 Å². The van der Waals surface area contributed by atoms with E-state index in [-0.39, 0.29) is 12.5 Å². The molecule has 4 N–H and O–H groups in total. The second-order valence-corrected chi connectivity index (χ2v) is 7.74. The first-order valence-electron chi connectivity index (χ1n) is 8.72. The molecule has 7 nitrogen and oxygen atoms in total. The van der Waals surface area contributed by atoms with Crippen LogP contribution < -0.4 is 21.3 Å². The summed E-state index contributed by atoms with van der Waals surface area (Å²) in [6.45, 7) is 12.0. The Morgan fingerprint density at radius 2 is 1.77 bits per heavy atom. The van der Waals surface area contributed by atoms with E-state index in [0.29, 0.717) is 18.0 Å². The average Bonchev–Trinajstić information content (AvgIpc) is 2.49. The summed E-state index contributed by atoms with van der Waals surface area (Å²) in [5.41, 5.74) is 1.73. The summed E-state index contributed by atoms with van der Waals surface area (Å²) in [6, 6.07) is 4.69. The van der Waals surface area contributed by atoms with Crippen LogP contribution in [0.4, 0.5) is 10.5 Å². The lowest BCUT2D eigenvalue weighted by Crippen LogP contribution is -2.49. The summed E-state index contributed by atoms with van der Waals surface area (Å²) in [5, 5.41) is 10.8. The Labute approximate surface area is 155 Å². The van der Waals surface area contributed by atoms with Crippen LogP contribution in [0.2, 0.25) is 0 Å². The van der Waals surface area contributed by atoms with Crippen LogP contribution >= 0.6 is 0 Å². The Balaban J connectivity index is 2.56. The van der Waals surface area contributed by atoms with E-state index >= 15 is 0 Å². The fourth-order valence-electron chi connectivity index (χ4n) is 2.12. The highest BCUT2D eigenvalue weighted by Crippen LogP contribution is 2.16. The number of amides is 4. The molecule has 1 rings (SSSR count). The zero-order valence-electron chi connectivity index (χ0n) is 16.4. The highest BCUT2D eigenvalue weighted by molar-refractivity contribution is 5.97. The lowest BCUT2D eigenvalue weighted by Gasteiger charge is -2.20. The Morgan fingerprint density at radius 1 is 1.12 bits per heavy atom. The van der Waals surface area contributed by atoms with Crippen molar-refractivity contribution in [2.24, 2.45) is 5.92 Å². The van der Waals surface area contributed by atoms with Gasteiger partial charge in [-0.1, -0.05) is 13.8 Å². The number of hydrogen-bond donors (Lipinski definition) is 4. The van der Waals surface area contributed by atoms with Crippen molar-refractivity contribution in [3.63, 3.8) is 0 Å². The Morgan fingerprint density at radius 3 is 2.31 bits per heavy atom. The summed E-state index contributed by atoms with van der Waals surface area (Å²) in [5.74, 6) is -0.176. The quantitative estimate of drug-likeness (QED) is 0.624. The predicted molar refractivity (Wildman–Crippen MR) is 103 cm³/mol. The first-order chi connectivity index (χ1) is 12.0. The topological polar surface area (TPSA) is 99.3 Å². The molecular formula is C19H30N4O3. The van der Waals surface area contributed by atoms with Crippen molar-refractivity contribution in [1.29, 1.82) is 0 Å². The van der Waals surface area contributed by atoms with Crippen LogP contribution in [0.1, 0.15) is 50.5 Å². The van der Waals surface area contributed by atoms with Gasteiger partial charge < -0.3 is 16.0 Å². The maximum absolute atomic E-state index is 12.1. The van der Waals surface area contributed by atoms with Crippen molar-refractivity contribution in [2.45, 2.75) is 47.1 Å². The lowest BCUT2D eigenvalue weighted by molar-refractivity contribution is -0.118. The van der Waals surface area contributed by atoms with Crippen LogP contribution in [0, 0.1) is 12.8 Å². The molecule has 144 valence electrons. The summed E-state index contributed by atoms with van der Waals surface area (Å²) < 4.78 is 0. The molecule has 0 bridgehead atoms. The van der Waals surface area contributed by atoms with Crippen molar-refractivity contribution in [3.05, 3.63) is 29.3 Å². The highest BCUT2D eigenvalue weighted by atomic mass is 16.2. The summed E-state index contributed by atoms with van der Waals surface area (Å²) in [6.07, 6.45) is 0. The molecular weight excluding hydrogens is 332 g/mol. The zero-order chi connectivity index (χ0) is 19.9. The molecule has 4 amide bonds. The molecule has 0 saturated heterocycles. The van der Waals surface area contributed by atoms with Gasteiger partial charge in [0.1, 0.15) is 0 Å². The molecule has 0 aliphatic heterocycles. The van der Waals surface area contributed by atoms with Gasteiger partial charge in [-0.2, -0.15) is 0 Å². The highest BCUT2D eigenvalue weighted by Gasteiger charge is 2.15. The third kappa shape index (κ3) is 8.00. The molecule has 0 aliphatic carbocycles. The van der Waals surface area contributed by atoms with Crippen LogP contribution in [0.3, 0.4) is 0 Å². The molecule has 1 aromatic carbocycles. The molecule has 0 unspecified atom stereocenters. The van der Waals surface area contributed by atoms with Crippen molar-refractivity contribution < 1.29 is 14.4 Å². The van der Waals surface area contributed by atoms with Crippen molar-refractivity contribution in [3.8, 4) is 0 Å². The van der Waals surface area contributed by atoms with Crippen molar-refractivity contribution >= 4 is 23.5 Å². The smallest absolute Gasteiger partial charge is 0.321 e. The van der Waals surface area contributed by atoms with Gasteiger partial charge in [0.05, 0.1) is 6.54 Å². The molecule has 7 heteroatoms. The number of urea groups is 1. The molecule has 0 fully saturated rings. The number of nitrogens with one attached hydrogen (secondary N) is 4. The molecule has 26 heavy (non-hydrogen) atoms. The van der Waals surface area contributed by atoms with Gasteiger partial charge in [0.2, 0.25) is 5.91 Å². The van der Waals surface area contributed by atoms with Gasteiger partial charge in [-0.05, 0) is 57.4 Å². The first kappa shape index (κ1) is 21.5. The number of hydrogen-bond acceptors (Lipinski definition) is 4. The first-order valence-corrected chi connectivity index (χ1v) is 8.72. The molecule has 0 aromatic heterocycles. The number of rotatable bonds is 6. The number of benzene rings is 1. The second-order valence-electron chi connectivity index (χ2n) is 7.74. The number of carbonyl (C=O) groups is 3. The number of anilines is 1. The van der Waals surface area contributed by atoms with Crippen molar-refractivity contribution in [2.75, 3.05) is 18.4 Å². The van der Waals surface area contributed by atoms with E-state index in [1.807, 2.05) is 41.5 Å². The summed E-state index contributed by atoms with van der Waals surface area (Å²) >= 11 is 0. The molecule has 0 saturated carbocycles. The fourth-order valence-corrected chi connectivity index (χ4v) is 2.12. The molecule has 0 atom stereocenters. The van der Waals surface area contributed by atoms with Gasteiger partial charge in [-0.25, -0.2) is 4.79 Å². The SMILES string of the molecule is Cc1cc(C(=O)NCC(C)C)ccc1NCC(=O)NC(=O)NC(C)(C)C. The molecule has 0 radical (unpaired) electrons. The fraction of sp³-hybridized carbons (Fsp3) is 0.526. The van der Waals surface area contributed by atoms with E-state index in [1.54, 1.807) is 18.2 Å². The summed E-state index contributed by atoms with van der Waals surface area (Å²) in [4.78, 5) is 35.6. The average molecular weight is 362 g/mol. The van der Waals surface area contributed by atoms with E-state index in [2.05, 4.69) is 21.3 Å². The third-order valence-electron chi connectivity index (χ3n) is 3.34. The minimum Gasteiger partial charge on any atom is -0.376 e. The lowest BCUT2D eigenvalue weighted by atomic mass is 10.1. The van der Waals surface area contributed by atoms with Gasteiger partial charge in [0.15, 0.2) is 0 Å². The zero-order valence-corrected chi connectivity index (χ0v) is 16.4. The van der Waals surface area contributed by atoms with E-state index in [0.717, 1.165) is 11.3 Å². The van der Waals surface area contributed by atoms with Gasteiger partial charge in [-0.3, -0.25) is 14.9 Å². The summed E-state index contributed by atoms with van der Waals surface area (Å²) in [7, 11) is 0. The molecule has 0 aliphatic rings.